The van der Waals surface area contributed by atoms with E-state index >= 15 is 0 Å². The number of H-pyrrole nitrogens is 1. The standard InChI is InChI=1S/C14H16N2S/c17-7-6-14-15-9-13(16-14)12-5-4-10-2-1-3-11(10)8-12/h4-5,8-9,17H,1-3,6-7H2,(H,15,16). The molecule has 0 fully saturated rings. The van der Waals surface area contributed by atoms with Gasteiger partial charge in [0, 0.05) is 6.42 Å². The van der Waals surface area contributed by atoms with Gasteiger partial charge in [0.25, 0.3) is 0 Å². The zero-order valence-electron chi connectivity index (χ0n) is 9.74. The molecule has 2 aromatic rings. The Morgan fingerprint density at radius 1 is 1.24 bits per heavy atom. The van der Waals surface area contributed by atoms with E-state index in [2.05, 4.69) is 40.8 Å². The van der Waals surface area contributed by atoms with E-state index in [-0.39, 0.29) is 0 Å². The summed E-state index contributed by atoms with van der Waals surface area (Å²) in [6, 6.07) is 6.76. The molecule has 3 heteroatoms. The Balaban J connectivity index is 1.92. The van der Waals surface area contributed by atoms with Crippen LogP contribution in [0.1, 0.15) is 23.4 Å². The second kappa shape index (κ2) is 4.57. The lowest BCUT2D eigenvalue weighted by atomic mass is 10.1. The lowest BCUT2D eigenvalue weighted by molar-refractivity contribution is 0.912. The summed E-state index contributed by atoms with van der Waals surface area (Å²) >= 11 is 4.22. The maximum Gasteiger partial charge on any atom is 0.107 e. The third-order valence-electron chi connectivity index (χ3n) is 3.39. The molecule has 0 aliphatic heterocycles. The summed E-state index contributed by atoms with van der Waals surface area (Å²) in [7, 11) is 0. The Labute approximate surface area is 107 Å². The molecule has 0 amide bonds. The van der Waals surface area contributed by atoms with Gasteiger partial charge in [0.2, 0.25) is 0 Å². The van der Waals surface area contributed by atoms with Crippen molar-refractivity contribution in [2.24, 2.45) is 0 Å². The van der Waals surface area contributed by atoms with Crippen LogP contribution in [0.3, 0.4) is 0 Å². The smallest absolute Gasteiger partial charge is 0.107 e. The molecule has 0 spiro atoms. The van der Waals surface area contributed by atoms with Crippen molar-refractivity contribution in [3.05, 3.63) is 41.3 Å². The number of hydrogen-bond donors (Lipinski definition) is 2. The van der Waals surface area contributed by atoms with Crippen LogP contribution in [0.2, 0.25) is 0 Å². The molecule has 88 valence electrons. The number of aryl methyl sites for hydroxylation is 3. The SMILES string of the molecule is SCCc1ncc(-c2ccc3c(c2)CCC3)[nH]1. The molecule has 0 saturated heterocycles. The molecule has 1 aromatic heterocycles. The van der Waals surface area contributed by atoms with Gasteiger partial charge in [0.05, 0.1) is 11.9 Å². The molecular formula is C14H16N2S. The van der Waals surface area contributed by atoms with E-state index in [1.807, 2.05) is 6.20 Å². The van der Waals surface area contributed by atoms with Crippen LogP contribution >= 0.6 is 12.6 Å². The first-order valence-corrected chi connectivity index (χ1v) is 6.77. The van der Waals surface area contributed by atoms with Crippen LogP contribution in [-0.4, -0.2) is 15.7 Å². The molecule has 0 bridgehead atoms. The largest absolute Gasteiger partial charge is 0.342 e. The van der Waals surface area contributed by atoms with E-state index in [1.165, 1.54) is 36.0 Å². The van der Waals surface area contributed by atoms with Crippen LogP contribution < -0.4 is 0 Å². The highest BCUT2D eigenvalue weighted by molar-refractivity contribution is 7.80. The zero-order chi connectivity index (χ0) is 11.7. The molecule has 1 aromatic carbocycles. The topological polar surface area (TPSA) is 28.7 Å². The first kappa shape index (κ1) is 10.9. The number of hydrogen-bond acceptors (Lipinski definition) is 2. The number of aromatic amines is 1. The second-order valence-electron chi connectivity index (χ2n) is 4.55. The van der Waals surface area contributed by atoms with Crippen molar-refractivity contribution in [2.45, 2.75) is 25.7 Å². The van der Waals surface area contributed by atoms with E-state index in [9.17, 15) is 0 Å². The molecule has 0 unspecified atom stereocenters. The van der Waals surface area contributed by atoms with Gasteiger partial charge in [-0.05, 0) is 47.8 Å². The Morgan fingerprint density at radius 3 is 3.00 bits per heavy atom. The minimum atomic E-state index is 0.830. The number of imidazole rings is 1. The van der Waals surface area contributed by atoms with E-state index < -0.39 is 0 Å². The third kappa shape index (κ3) is 2.12. The van der Waals surface area contributed by atoms with Crippen molar-refractivity contribution in [1.82, 2.24) is 9.97 Å². The highest BCUT2D eigenvalue weighted by atomic mass is 32.1. The van der Waals surface area contributed by atoms with Crippen molar-refractivity contribution in [2.75, 3.05) is 5.75 Å². The minimum absolute atomic E-state index is 0.830. The molecule has 3 rings (SSSR count). The van der Waals surface area contributed by atoms with E-state index in [0.29, 0.717) is 0 Å². The van der Waals surface area contributed by atoms with Gasteiger partial charge >= 0.3 is 0 Å². The number of thiol groups is 1. The Bertz CT molecular complexity index is 531. The lowest BCUT2D eigenvalue weighted by Gasteiger charge is -2.02. The van der Waals surface area contributed by atoms with Crippen LogP contribution in [0.25, 0.3) is 11.3 Å². The third-order valence-corrected chi connectivity index (χ3v) is 3.61. The number of aromatic nitrogens is 2. The van der Waals surface area contributed by atoms with E-state index in [4.69, 9.17) is 0 Å². The number of fused-ring (bicyclic) bond motifs is 1. The van der Waals surface area contributed by atoms with Gasteiger partial charge in [-0.3, -0.25) is 0 Å². The van der Waals surface area contributed by atoms with Crippen LogP contribution in [0.4, 0.5) is 0 Å². The first-order chi connectivity index (χ1) is 8.36. The van der Waals surface area contributed by atoms with Gasteiger partial charge in [-0.2, -0.15) is 12.6 Å². The minimum Gasteiger partial charge on any atom is -0.342 e. The van der Waals surface area contributed by atoms with Gasteiger partial charge in [0.15, 0.2) is 0 Å². The van der Waals surface area contributed by atoms with Crippen molar-refractivity contribution < 1.29 is 0 Å². The molecule has 0 radical (unpaired) electrons. The number of benzene rings is 1. The molecule has 1 N–H and O–H groups in total. The number of nitrogens with zero attached hydrogens (tertiary/aromatic N) is 1. The van der Waals surface area contributed by atoms with Crippen molar-refractivity contribution in [3.8, 4) is 11.3 Å². The molecule has 17 heavy (non-hydrogen) atoms. The fourth-order valence-electron chi connectivity index (χ4n) is 2.48. The van der Waals surface area contributed by atoms with Crippen LogP contribution in [0.15, 0.2) is 24.4 Å². The molecular weight excluding hydrogens is 228 g/mol. The van der Waals surface area contributed by atoms with Gasteiger partial charge in [-0.1, -0.05) is 12.1 Å². The lowest BCUT2D eigenvalue weighted by Crippen LogP contribution is -1.89. The maximum atomic E-state index is 4.37. The fraction of sp³-hybridized carbons (Fsp3) is 0.357. The van der Waals surface area contributed by atoms with Gasteiger partial charge in [-0.25, -0.2) is 4.98 Å². The number of nitrogens with one attached hydrogen (secondary N) is 1. The zero-order valence-corrected chi connectivity index (χ0v) is 10.6. The molecule has 1 heterocycles. The monoisotopic (exact) mass is 244 g/mol. The van der Waals surface area contributed by atoms with Crippen molar-refractivity contribution >= 4 is 12.6 Å². The summed E-state index contributed by atoms with van der Waals surface area (Å²) in [5.41, 5.74) is 5.40. The quantitative estimate of drug-likeness (QED) is 0.798. The molecule has 2 nitrogen and oxygen atoms in total. The van der Waals surface area contributed by atoms with Gasteiger partial charge < -0.3 is 4.98 Å². The predicted molar refractivity (Wildman–Crippen MR) is 73.6 cm³/mol. The summed E-state index contributed by atoms with van der Waals surface area (Å²) in [5, 5.41) is 0. The fourth-order valence-corrected chi connectivity index (χ4v) is 2.69. The highest BCUT2D eigenvalue weighted by Crippen LogP contribution is 2.27. The molecule has 1 aliphatic carbocycles. The van der Waals surface area contributed by atoms with Crippen LogP contribution in [0, 0.1) is 0 Å². The van der Waals surface area contributed by atoms with Gasteiger partial charge in [0.1, 0.15) is 5.82 Å². The summed E-state index contributed by atoms with van der Waals surface area (Å²) in [6.07, 6.45) is 6.58. The molecule has 1 aliphatic rings. The van der Waals surface area contributed by atoms with Crippen LogP contribution in [0.5, 0.6) is 0 Å². The second-order valence-corrected chi connectivity index (χ2v) is 5.00. The highest BCUT2D eigenvalue weighted by Gasteiger charge is 2.12. The van der Waals surface area contributed by atoms with Crippen molar-refractivity contribution in [3.63, 3.8) is 0 Å². The summed E-state index contributed by atoms with van der Waals surface area (Å²) < 4.78 is 0. The van der Waals surface area contributed by atoms with Crippen LogP contribution in [-0.2, 0) is 19.3 Å². The van der Waals surface area contributed by atoms with Gasteiger partial charge in [-0.15, -0.1) is 0 Å². The maximum absolute atomic E-state index is 4.37. The van der Waals surface area contributed by atoms with Crippen molar-refractivity contribution in [1.29, 1.82) is 0 Å². The average molecular weight is 244 g/mol. The first-order valence-electron chi connectivity index (χ1n) is 6.14. The summed E-state index contributed by atoms with van der Waals surface area (Å²) in [5.74, 6) is 1.85. The Kier molecular flexibility index (Phi) is 2.93. The normalized spacial score (nSPS) is 13.9. The molecule has 0 saturated carbocycles. The van der Waals surface area contributed by atoms with E-state index in [0.717, 1.165) is 23.7 Å². The Hall–Kier alpha value is -1.22. The van der Waals surface area contributed by atoms with E-state index in [1.54, 1.807) is 0 Å². The summed E-state index contributed by atoms with van der Waals surface area (Å²) in [6.45, 7) is 0. The summed E-state index contributed by atoms with van der Waals surface area (Å²) in [4.78, 5) is 7.73. The number of rotatable bonds is 3. The average Bonchev–Trinajstić information content (AvgIpc) is 2.96. The Morgan fingerprint density at radius 2 is 2.12 bits per heavy atom. The predicted octanol–water partition coefficient (Wildman–Crippen LogP) is 3.04. The molecule has 0 atom stereocenters.